The Labute approximate surface area is 107 Å². The fourth-order valence-electron chi connectivity index (χ4n) is 1.60. The minimum Gasteiger partial charge on any atom is -0.354 e. The average molecular weight is 259 g/mol. The quantitative estimate of drug-likeness (QED) is 0.810. The van der Waals surface area contributed by atoms with E-state index < -0.39 is 5.54 Å². The molecule has 1 heterocycles. The predicted molar refractivity (Wildman–Crippen MR) is 67.8 cm³/mol. The van der Waals surface area contributed by atoms with E-state index in [0.717, 1.165) is 19.4 Å². The highest BCUT2D eigenvalue weighted by molar-refractivity contribution is 5.88. The highest BCUT2D eigenvalue weighted by atomic mass is 35.5. The van der Waals surface area contributed by atoms with Gasteiger partial charge in [0.2, 0.25) is 5.91 Å². The zero-order chi connectivity index (χ0) is 11.6. The lowest BCUT2D eigenvalue weighted by Gasteiger charge is -2.15. The van der Waals surface area contributed by atoms with Crippen molar-refractivity contribution in [1.82, 2.24) is 15.1 Å². The summed E-state index contributed by atoms with van der Waals surface area (Å²) in [6.45, 7) is 3.54. The molecule has 17 heavy (non-hydrogen) atoms. The SMILES string of the molecule is CC(CNC(=O)C1(N)CC1)Cn1cccn1.Cl. The molecule has 0 saturated heterocycles. The molecule has 96 valence electrons. The van der Waals surface area contributed by atoms with E-state index in [0.29, 0.717) is 12.5 Å². The zero-order valence-corrected chi connectivity index (χ0v) is 10.7. The van der Waals surface area contributed by atoms with Gasteiger partial charge in [0.1, 0.15) is 0 Å². The van der Waals surface area contributed by atoms with Gasteiger partial charge in [-0.05, 0) is 24.8 Å². The van der Waals surface area contributed by atoms with Crippen molar-refractivity contribution in [1.29, 1.82) is 0 Å². The Morgan fingerprint density at radius 1 is 1.65 bits per heavy atom. The van der Waals surface area contributed by atoms with Crippen LogP contribution in [0.25, 0.3) is 0 Å². The fraction of sp³-hybridized carbons (Fsp3) is 0.636. The largest absolute Gasteiger partial charge is 0.354 e. The summed E-state index contributed by atoms with van der Waals surface area (Å²) >= 11 is 0. The van der Waals surface area contributed by atoms with Gasteiger partial charge in [-0.15, -0.1) is 12.4 Å². The summed E-state index contributed by atoms with van der Waals surface area (Å²) in [5.41, 5.74) is 5.22. The molecule has 1 atom stereocenters. The molecule has 0 aliphatic heterocycles. The van der Waals surface area contributed by atoms with Crippen LogP contribution < -0.4 is 11.1 Å². The molecule has 1 saturated carbocycles. The van der Waals surface area contributed by atoms with Gasteiger partial charge in [-0.25, -0.2) is 0 Å². The third-order valence-electron chi connectivity index (χ3n) is 2.91. The monoisotopic (exact) mass is 258 g/mol. The fourth-order valence-corrected chi connectivity index (χ4v) is 1.60. The lowest BCUT2D eigenvalue weighted by molar-refractivity contribution is -0.123. The van der Waals surface area contributed by atoms with Crippen molar-refractivity contribution in [3.8, 4) is 0 Å². The Kier molecular flexibility index (Phi) is 4.54. The molecule has 1 aliphatic carbocycles. The molecular weight excluding hydrogens is 240 g/mol. The summed E-state index contributed by atoms with van der Waals surface area (Å²) in [5.74, 6) is 0.339. The number of amides is 1. The molecule has 0 radical (unpaired) electrons. The summed E-state index contributed by atoms with van der Waals surface area (Å²) in [7, 11) is 0. The average Bonchev–Trinajstić information content (AvgIpc) is 2.79. The summed E-state index contributed by atoms with van der Waals surface area (Å²) in [6, 6.07) is 1.89. The third-order valence-corrected chi connectivity index (χ3v) is 2.91. The molecule has 0 aromatic carbocycles. The molecule has 5 nitrogen and oxygen atoms in total. The lowest BCUT2D eigenvalue weighted by Crippen LogP contribution is -2.44. The third kappa shape index (κ3) is 3.71. The summed E-state index contributed by atoms with van der Waals surface area (Å²) in [6.07, 6.45) is 5.30. The van der Waals surface area contributed by atoms with Crippen molar-refractivity contribution in [2.24, 2.45) is 11.7 Å². The van der Waals surface area contributed by atoms with Crippen molar-refractivity contribution >= 4 is 18.3 Å². The second-order valence-electron chi connectivity index (χ2n) is 4.70. The Hall–Kier alpha value is -1.07. The number of halogens is 1. The number of aromatic nitrogens is 2. The topological polar surface area (TPSA) is 72.9 Å². The van der Waals surface area contributed by atoms with Crippen LogP contribution in [0, 0.1) is 5.92 Å². The Morgan fingerprint density at radius 2 is 2.35 bits per heavy atom. The normalized spacial score (nSPS) is 18.0. The molecule has 6 heteroatoms. The van der Waals surface area contributed by atoms with E-state index in [-0.39, 0.29) is 18.3 Å². The minimum absolute atomic E-state index is 0. The standard InChI is InChI=1S/C11H18N4O.ClH/c1-9(8-15-6-2-5-14-15)7-13-10(16)11(12)3-4-11;/h2,5-6,9H,3-4,7-8,12H2,1H3,(H,13,16);1H. The van der Waals surface area contributed by atoms with E-state index in [2.05, 4.69) is 17.3 Å². The molecule has 1 unspecified atom stereocenters. The first-order valence-corrected chi connectivity index (χ1v) is 5.65. The van der Waals surface area contributed by atoms with Gasteiger partial charge >= 0.3 is 0 Å². The number of hydrogen-bond donors (Lipinski definition) is 2. The number of nitrogens with one attached hydrogen (secondary N) is 1. The molecule has 1 fully saturated rings. The van der Waals surface area contributed by atoms with E-state index in [1.807, 2.05) is 16.9 Å². The highest BCUT2D eigenvalue weighted by Crippen LogP contribution is 2.32. The van der Waals surface area contributed by atoms with Crippen molar-refractivity contribution in [3.05, 3.63) is 18.5 Å². The van der Waals surface area contributed by atoms with E-state index in [1.165, 1.54) is 0 Å². The molecular formula is C11H19ClN4O. The van der Waals surface area contributed by atoms with Crippen LogP contribution in [-0.2, 0) is 11.3 Å². The number of nitrogens with zero attached hydrogens (tertiary/aromatic N) is 2. The second kappa shape index (κ2) is 5.51. The molecule has 1 aliphatic rings. The molecule has 1 aromatic heterocycles. The van der Waals surface area contributed by atoms with Crippen LogP contribution in [0.5, 0.6) is 0 Å². The maximum atomic E-state index is 11.6. The Morgan fingerprint density at radius 3 is 2.88 bits per heavy atom. The van der Waals surface area contributed by atoms with E-state index in [4.69, 9.17) is 5.73 Å². The van der Waals surface area contributed by atoms with Crippen LogP contribution in [0.1, 0.15) is 19.8 Å². The van der Waals surface area contributed by atoms with Crippen LogP contribution in [0.2, 0.25) is 0 Å². The maximum Gasteiger partial charge on any atom is 0.240 e. The maximum absolute atomic E-state index is 11.6. The molecule has 1 amide bonds. The first kappa shape index (κ1) is 14.0. The number of nitrogens with two attached hydrogens (primary N) is 1. The van der Waals surface area contributed by atoms with E-state index >= 15 is 0 Å². The molecule has 1 aromatic rings. The molecule has 3 N–H and O–H groups in total. The van der Waals surface area contributed by atoms with Gasteiger partial charge in [-0.3, -0.25) is 9.48 Å². The van der Waals surface area contributed by atoms with Crippen LogP contribution in [0.15, 0.2) is 18.5 Å². The smallest absolute Gasteiger partial charge is 0.240 e. The minimum atomic E-state index is -0.564. The van der Waals surface area contributed by atoms with Crippen molar-refractivity contribution in [3.63, 3.8) is 0 Å². The summed E-state index contributed by atoms with van der Waals surface area (Å²) in [4.78, 5) is 11.6. The number of carbonyl (C=O) groups is 1. The summed E-state index contributed by atoms with van der Waals surface area (Å²) in [5, 5.41) is 7.02. The molecule has 0 bridgehead atoms. The lowest BCUT2D eigenvalue weighted by atomic mass is 10.1. The van der Waals surface area contributed by atoms with Crippen LogP contribution in [-0.4, -0.2) is 27.8 Å². The Bertz CT molecular complexity index is 362. The van der Waals surface area contributed by atoms with Crippen molar-refractivity contribution < 1.29 is 4.79 Å². The Balaban J connectivity index is 0.00000144. The molecule has 0 spiro atoms. The van der Waals surface area contributed by atoms with Gasteiger partial charge in [0.25, 0.3) is 0 Å². The second-order valence-corrected chi connectivity index (χ2v) is 4.70. The highest BCUT2D eigenvalue weighted by Gasteiger charge is 2.45. The van der Waals surface area contributed by atoms with Crippen molar-refractivity contribution in [2.45, 2.75) is 31.8 Å². The molecule has 2 rings (SSSR count). The van der Waals surface area contributed by atoms with Gasteiger partial charge in [0, 0.05) is 25.5 Å². The van der Waals surface area contributed by atoms with Gasteiger partial charge in [0.05, 0.1) is 5.54 Å². The van der Waals surface area contributed by atoms with Gasteiger partial charge in [0.15, 0.2) is 0 Å². The zero-order valence-electron chi connectivity index (χ0n) is 9.93. The van der Waals surface area contributed by atoms with Crippen LogP contribution >= 0.6 is 12.4 Å². The van der Waals surface area contributed by atoms with Crippen LogP contribution in [0.3, 0.4) is 0 Å². The van der Waals surface area contributed by atoms with Gasteiger partial charge in [-0.1, -0.05) is 6.92 Å². The van der Waals surface area contributed by atoms with E-state index in [9.17, 15) is 4.79 Å². The van der Waals surface area contributed by atoms with Crippen LogP contribution in [0.4, 0.5) is 0 Å². The number of hydrogen-bond acceptors (Lipinski definition) is 3. The van der Waals surface area contributed by atoms with Gasteiger partial charge < -0.3 is 11.1 Å². The van der Waals surface area contributed by atoms with Crippen molar-refractivity contribution in [2.75, 3.05) is 6.54 Å². The predicted octanol–water partition coefficient (Wildman–Crippen LogP) is 0.548. The first-order chi connectivity index (χ1) is 7.60. The first-order valence-electron chi connectivity index (χ1n) is 5.65. The van der Waals surface area contributed by atoms with Gasteiger partial charge in [-0.2, -0.15) is 5.10 Å². The number of carbonyl (C=O) groups excluding carboxylic acids is 1. The van der Waals surface area contributed by atoms with E-state index in [1.54, 1.807) is 6.20 Å². The summed E-state index contributed by atoms with van der Waals surface area (Å²) < 4.78 is 1.87. The number of rotatable bonds is 5.